The van der Waals surface area contributed by atoms with Crippen LogP contribution in [0.3, 0.4) is 0 Å². The molecule has 0 aliphatic rings. The fourth-order valence-corrected chi connectivity index (χ4v) is 2.22. The molecular formula is C13H19ClN4O. The lowest BCUT2D eigenvalue weighted by Gasteiger charge is -2.16. The summed E-state index contributed by atoms with van der Waals surface area (Å²) in [6.45, 7) is 7.08. The van der Waals surface area contributed by atoms with Crippen molar-refractivity contribution in [1.82, 2.24) is 20.1 Å². The zero-order valence-corrected chi connectivity index (χ0v) is 12.2. The Morgan fingerprint density at radius 1 is 1.42 bits per heavy atom. The van der Waals surface area contributed by atoms with Gasteiger partial charge in [-0.25, -0.2) is 9.67 Å². The van der Waals surface area contributed by atoms with Gasteiger partial charge in [0.2, 0.25) is 0 Å². The van der Waals surface area contributed by atoms with Crippen molar-refractivity contribution >= 4 is 11.6 Å². The maximum atomic E-state index is 5.84. The summed E-state index contributed by atoms with van der Waals surface area (Å²) in [5.74, 6) is 1.76. The van der Waals surface area contributed by atoms with Crippen LogP contribution < -0.4 is 5.32 Å². The lowest BCUT2D eigenvalue weighted by atomic mass is 10.1. The Morgan fingerprint density at radius 3 is 2.79 bits per heavy atom. The van der Waals surface area contributed by atoms with Crippen LogP contribution in [0.25, 0.3) is 0 Å². The molecule has 0 saturated carbocycles. The van der Waals surface area contributed by atoms with Crippen molar-refractivity contribution in [3.05, 3.63) is 35.3 Å². The van der Waals surface area contributed by atoms with Gasteiger partial charge < -0.3 is 9.73 Å². The molecule has 0 aliphatic heterocycles. The first kappa shape index (κ1) is 14.1. The molecule has 0 aromatic carbocycles. The highest BCUT2D eigenvalue weighted by Gasteiger charge is 2.19. The van der Waals surface area contributed by atoms with E-state index in [-0.39, 0.29) is 6.04 Å². The first-order chi connectivity index (χ1) is 9.11. The molecule has 2 heterocycles. The van der Waals surface area contributed by atoms with Gasteiger partial charge in [0.05, 0.1) is 6.04 Å². The number of hydrogen-bond donors (Lipinski definition) is 1. The number of halogens is 1. The Morgan fingerprint density at radius 2 is 2.21 bits per heavy atom. The number of furan rings is 1. The predicted octanol–water partition coefficient (Wildman–Crippen LogP) is 3.00. The Balaban J connectivity index is 2.19. The minimum atomic E-state index is 0.0548. The van der Waals surface area contributed by atoms with Gasteiger partial charge in [0.1, 0.15) is 17.9 Å². The second kappa shape index (κ2) is 6.21. The summed E-state index contributed by atoms with van der Waals surface area (Å²) in [7, 11) is 0. The van der Waals surface area contributed by atoms with Gasteiger partial charge in [-0.3, -0.25) is 0 Å². The average molecular weight is 283 g/mol. The van der Waals surface area contributed by atoms with Crippen molar-refractivity contribution in [2.24, 2.45) is 0 Å². The van der Waals surface area contributed by atoms with Crippen molar-refractivity contribution in [1.29, 1.82) is 0 Å². The van der Waals surface area contributed by atoms with Crippen LogP contribution in [0, 0.1) is 0 Å². The van der Waals surface area contributed by atoms with E-state index in [4.69, 9.17) is 16.0 Å². The van der Waals surface area contributed by atoms with E-state index in [0.29, 0.717) is 11.3 Å². The van der Waals surface area contributed by atoms with Crippen molar-refractivity contribution in [2.45, 2.75) is 39.3 Å². The SMILES string of the molecule is CCNC(Cc1ncnn1C(C)C)c1ccc(Cl)o1. The Labute approximate surface area is 118 Å². The maximum Gasteiger partial charge on any atom is 0.193 e. The molecule has 1 unspecified atom stereocenters. The molecule has 0 aliphatic carbocycles. The van der Waals surface area contributed by atoms with Crippen LogP contribution in [0.4, 0.5) is 0 Å². The molecule has 0 fully saturated rings. The highest BCUT2D eigenvalue weighted by Crippen LogP contribution is 2.23. The largest absolute Gasteiger partial charge is 0.448 e. The van der Waals surface area contributed by atoms with Gasteiger partial charge in [-0.1, -0.05) is 6.92 Å². The zero-order valence-electron chi connectivity index (χ0n) is 11.4. The standard InChI is InChI=1S/C13H19ClN4O/c1-4-15-10(11-5-6-12(14)19-11)7-13-16-8-17-18(13)9(2)3/h5-6,8-10,15H,4,7H2,1-3H3. The molecule has 2 rings (SSSR count). The Hall–Kier alpha value is -1.33. The highest BCUT2D eigenvalue weighted by atomic mass is 35.5. The molecule has 1 atom stereocenters. The minimum absolute atomic E-state index is 0.0548. The van der Waals surface area contributed by atoms with E-state index in [1.165, 1.54) is 0 Å². The van der Waals surface area contributed by atoms with Gasteiger partial charge in [0.15, 0.2) is 5.22 Å². The number of aromatic nitrogens is 3. The summed E-state index contributed by atoms with van der Waals surface area (Å²) >= 11 is 5.84. The maximum absolute atomic E-state index is 5.84. The number of likely N-dealkylation sites (N-methyl/N-ethyl adjacent to an activating group) is 1. The fourth-order valence-electron chi connectivity index (χ4n) is 2.07. The molecule has 6 heteroatoms. The van der Waals surface area contributed by atoms with E-state index in [2.05, 4.69) is 36.2 Å². The van der Waals surface area contributed by atoms with Crippen molar-refractivity contribution in [3.8, 4) is 0 Å². The second-order valence-electron chi connectivity index (χ2n) is 4.67. The molecule has 0 bridgehead atoms. The van der Waals surface area contributed by atoms with Crippen molar-refractivity contribution < 1.29 is 4.42 Å². The van der Waals surface area contributed by atoms with Crippen LogP contribution >= 0.6 is 11.6 Å². The van der Waals surface area contributed by atoms with E-state index < -0.39 is 0 Å². The molecule has 1 N–H and O–H groups in total. The Kier molecular flexibility index (Phi) is 4.61. The lowest BCUT2D eigenvalue weighted by molar-refractivity contribution is 0.400. The molecule has 19 heavy (non-hydrogen) atoms. The van der Waals surface area contributed by atoms with E-state index in [9.17, 15) is 0 Å². The molecule has 0 radical (unpaired) electrons. The molecular weight excluding hydrogens is 264 g/mol. The monoisotopic (exact) mass is 282 g/mol. The summed E-state index contributed by atoms with van der Waals surface area (Å²) in [5, 5.41) is 8.04. The normalized spacial score (nSPS) is 13.1. The number of nitrogens with one attached hydrogen (secondary N) is 1. The topological polar surface area (TPSA) is 55.9 Å². The van der Waals surface area contributed by atoms with Crippen molar-refractivity contribution in [3.63, 3.8) is 0 Å². The van der Waals surface area contributed by atoms with Crippen LogP contribution in [-0.4, -0.2) is 21.3 Å². The number of nitrogens with zero attached hydrogens (tertiary/aromatic N) is 3. The molecule has 0 spiro atoms. The van der Waals surface area contributed by atoms with Crippen LogP contribution in [0.2, 0.25) is 5.22 Å². The third-order valence-corrected chi connectivity index (χ3v) is 3.11. The molecule has 2 aromatic heterocycles. The van der Waals surface area contributed by atoms with Crippen LogP contribution in [-0.2, 0) is 6.42 Å². The molecule has 0 amide bonds. The van der Waals surface area contributed by atoms with E-state index >= 15 is 0 Å². The highest BCUT2D eigenvalue weighted by molar-refractivity contribution is 6.28. The summed E-state index contributed by atoms with van der Waals surface area (Å²) < 4.78 is 7.42. The molecule has 2 aromatic rings. The summed E-state index contributed by atoms with van der Waals surface area (Å²) in [6.07, 6.45) is 2.31. The third kappa shape index (κ3) is 3.36. The lowest BCUT2D eigenvalue weighted by Crippen LogP contribution is -2.24. The quantitative estimate of drug-likeness (QED) is 0.885. The summed E-state index contributed by atoms with van der Waals surface area (Å²) in [5.41, 5.74) is 0. The number of rotatable bonds is 6. The summed E-state index contributed by atoms with van der Waals surface area (Å²) in [4.78, 5) is 4.33. The molecule has 5 nitrogen and oxygen atoms in total. The first-order valence-corrected chi connectivity index (χ1v) is 6.86. The first-order valence-electron chi connectivity index (χ1n) is 6.48. The van der Waals surface area contributed by atoms with E-state index in [1.807, 2.05) is 10.7 Å². The second-order valence-corrected chi connectivity index (χ2v) is 5.04. The predicted molar refractivity (Wildman–Crippen MR) is 74.2 cm³/mol. The van der Waals surface area contributed by atoms with E-state index in [0.717, 1.165) is 24.6 Å². The van der Waals surface area contributed by atoms with Crippen LogP contribution in [0.15, 0.2) is 22.9 Å². The van der Waals surface area contributed by atoms with Gasteiger partial charge in [-0.2, -0.15) is 5.10 Å². The minimum Gasteiger partial charge on any atom is -0.448 e. The summed E-state index contributed by atoms with van der Waals surface area (Å²) in [6, 6.07) is 4.00. The van der Waals surface area contributed by atoms with Gasteiger partial charge in [-0.15, -0.1) is 0 Å². The van der Waals surface area contributed by atoms with Crippen LogP contribution in [0.1, 0.15) is 44.4 Å². The van der Waals surface area contributed by atoms with Gasteiger partial charge in [0, 0.05) is 12.5 Å². The van der Waals surface area contributed by atoms with Gasteiger partial charge >= 0.3 is 0 Å². The van der Waals surface area contributed by atoms with Crippen molar-refractivity contribution in [2.75, 3.05) is 6.54 Å². The zero-order chi connectivity index (χ0) is 13.8. The average Bonchev–Trinajstić information content (AvgIpc) is 2.97. The third-order valence-electron chi connectivity index (χ3n) is 2.91. The van der Waals surface area contributed by atoms with Gasteiger partial charge in [-0.05, 0) is 44.1 Å². The van der Waals surface area contributed by atoms with Crippen LogP contribution in [0.5, 0.6) is 0 Å². The smallest absolute Gasteiger partial charge is 0.193 e. The molecule has 0 saturated heterocycles. The Bertz CT molecular complexity index is 520. The number of hydrogen-bond acceptors (Lipinski definition) is 4. The van der Waals surface area contributed by atoms with E-state index in [1.54, 1.807) is 12.4 Å². The molecule has 104 valence electrons. The fraction of sp³-hybridized carbons (Fsp3) is 0.538. The van der Waals surface area contributed by atoms with Gasteiger partial charge in [0.25, 0.3) is 0 Å².